The Hall–Kier alpha value is 0.830. The second-order valence-electron chi connectivity index (χ2n) is 3.61. The molecule has 0 aromatic heterocycles. The van der Waals surface area contributed by atoms with Crippen LogP contribution in [0.5, 0.6) is 0 Å². The predicted octanol–water partition coefficient (Wildman–Crippen LogP) is 4.37. The predicted molar refractivity (Wildman–Crippen MR) is 59.1 cm³/mol. The first-order valence-electron chi connectivity index (χ1n) is 4.51. The molecule has 0 aromatic carbocycles. The van der Waals surface area contributed by atoms with E-state index in [1.807, 2.05) is 21.2 Å². The minimum Gasteiger partial charge on any atom is -0.305 e. The van der Waals surface area contributed by atoms with Crippen molar-refractivity contribution in [1.82, 2.24) is 0 Å². The van der Waals surface area contributed by atoms with Crippen molar-refractivity contribution in [3.05, 3.63) is 0 Å². The van der Waals surface area contributed by atoms with E-state index in [4.69, 9.17) is 4.18 Å². The maximum Gasteiger partial charge on any atom is 0.391 e. The number of hydrogen-bond donors (Lipinski definition) is 0. The Balaban J connectivity index is 2.24. The van der Waals surface area contributed by atoms with Gasteiger partial charge < -0.3 is 4.18 Å². The van der Waals surface area contributed by atoms with Crippen LogP contribution in [0.2, 0.25) is 0 Å². The fraction of sp³-hybridized carbons (Fsp3) is 1.00. The maximum atomic E-state index is 12.3. The zero-order chi connectivity index (χ0) is 10.6. The molecule has 0 aromatic rings. The van der Waals surface area contributed by atoms with E-state index in [-0.39, 0.29) is 12.8 Å². The zero-order valence-corrected chi connectivity index (χ0v) is 10.5. The van der Waals surface area contributed by atoms with E-state index >= 15 is 0 Å². The fourth-order valence-electron chi connectivity index (χ4n) is 1.78. The zero-order valence-electron chi connectivity index (χ0n) is 7.52. The van der Waals surface area contributed by atoms with Crippen LogP contribution in [-0.4, -0.2) is 12.8 Å². The molecular weight excluding hydrogens is 328 g/mol. The first kappa shape index (κ1) is 12.9. The Morgan fingerprint density at radius 1 is 1.21 bits per heavy atom. The van der Waals surface area contributed by atoms with Crippen molar-refractivity contribution >= 4 is 30.4 Å². The first-order chi connectivity index (χ1) is 6.54. The molecule has 0 atom stereocenters. The van der Waals surface area contributed by atoms with Gasteiger partial charge in [0.1, 0.15) is 0 Å². The molecule has 1 aliphatic rings. The number of alkyl halides is 3. The number of hydrogen-bond acceptors (Lipinski definition) is 2. The summed E-state index contributed by atoms with van der Waals surface area (Å²) in [6.45, 7) is 0.582. The van der Waals surface area contributed by atoms with E-state index in [0.29, 0.717) is 25.4 Å². The highest BCUT2D eigenvalue weighted by molar-refractivity contribution is 14.2. The van der Waals surface area contributed by atoms with Gasteiger partial charge in [0.2, 0.25) is 0 Å². The average Bonchev–Trinajstić information content (AvgIpc) is 2.14. The number of halogens is 4. The molecule has 0 aliphatic heterocycles. The van der Waals surface area contributed by atoms with Gasteiger partial charge in [-0.3, -0.25) is 0 Å². The van der Waals surface area contributed by atoms with Gasteiger partial charge in [0.25, 0.3) is 0 Å². The first-order valence-corrected chi connectivity index (χ1v) is 7.79. The van der Waals surface area contributed by atoms with Gasteiger partial charge in [-0.05, 0) is 31.6 Å². The highest BCUT2D eigenvalue weighted by atomic mass is 127. The second kappa shape index (κ2) is 5.79. The van der Waals surface area contributed by atoms with Crippen molar-refractivity contribution in [3.63, 3.8) is 0 Å². The lowest BCUT2D eigenvalue weighted by Crippen LogP contribution is -2.28. The van der Waals surface area contributed by atoms with Crippen molar-refractivity contribution in [2.75, 3.05) is 6.61 Å². The third-order valence-electron chi connectivity index (χ3n) is 2.66. The molecule has 1 nitrogen and oxygen atoms in total. The topological polar surface area (TPSA) is 9.23 Å². The van der Waals surface area contributed by atoms with Crippen molar-refractivity contribution in [2.24, 2.45) is 11.8 Å². The monoisotopic (exact) mass is 340 g/mol. The Morgan fingerprint density at radius 2 is 1.79 bits per heavy atom. The highest BCUT2D eigenvalue weighted by Crippen LogP contribution is 2.39. The van der Waals surface area contributed by atoms with Crippen molar-refractivity contribution < 1.29 is 17.4 Å². The van der Waals surface area contributed by atoms with Gasteiger partial charge >= 0.3 is 6.18 Å². The van der Waals surface area contributed by atoms with Crippen LogP contribution in [0.25, 0.3) is 0 Å². The molecule has 0 spiro atoms. The summed E-state index contributed by atoms with van der Waals surface area (Å²) in [4.78, 5) is 0. The normalized spacial score (nSPS) is 29.1. The maximum absolute atomic E-state index is 12.3. The van der Waals surface area contributed by atoms with Gasteiger partial charge in [0.05, 0.1) is 21.7 Å². The quantitative estimate of drug-likeness (QED) is 0.557. The van der Waals surface area contributed by atoms with Crippen LogP contribution in [0.3, 0.4) is 0 Å². The van der Waals surface area contributed by atoms with Gasteiger partial charge in [-0.15, -0.1) is 0 Å². The lowest BCUT2D eigenvalue weighted by Gasteiger charge is -2.29. The van der Waals surface area contributed by atoms with E-state index in [1.165, 1.54) is 9.21 Å². The third-order valence-corrected chi connectivity index (χ3v) is 3.65. The molecule has 14 heavy (non-hydrogen) atoms. The summed E-state index contributed by atoms with van der Waals surface area (Å²) in [5.41, 5.74) is 0. The van der Waals surface area contributed by atoms with Crippen molar-refractivity contribution in [1.29, 1.82) is 0 Å². The summed E-state index contributed by atoms with van der Waals surface area (Å²) >= 11 is 2.01. The molecule has 0 unspecified atom stereocenters. The molecule has 0 saturated heterocycles. The highest BCUT2D eigenvalue weighted by Gasteiger charge is 2.41. The van der Waals surface area contributed by atoms with E-state index in [2.05, 4.69) is 0 Å². The second-order valence-corrected chi connectivity index (χ2v) is 5.05. The minimum atomic E-state index is -4.00. The molecule has 1 fully saturated rings. The van der Waals surface area contributed by atoms with E-state index in [9.17, 15) is 13.2 Å². The van der Waals surface area contributed by atoms with E-state index in [0.717, 1.165) is 0 Å². The molecule has 0 amide bonds. The molecule has 0 heterocycles. The molecule has 6 heteroatoms. The third kappa shape index (κ3) is 4.14. The SMILES string of the molecule is FC(F)(F)C1CCC(COSI)CC1. The van der Waals surface area contributed by atoms with Crippen LogP contribution in [0.4, 0.5) is 13.2 Å². The van der Waals surface area contributed by atoms with Crippen LogP contribution in [-0.2, 0) is 4.18 Å². The van der Waals surface area contributed by atoms with Crippen molar-refractivity contribution in [3.8, 4) is 0 Å². The Kier molecular flexibility index (Phi) is 5.33. The number of rotatable bonds is 3. The Morgan fingerprint density at radius 3 is 2.21 bits per heavy atom. The van der Waals surface area contributed by atoms with Crippen LogP contribution in [0.1, 0.15) is 25.7 Å². The molecule has 1 aliphatic carbocycles. The largest absolute Gasteiger partial charge is 0.391 e. The average molecular weight is 340 g/mol. The van der Waals surface area contributed by atoms with Crippen LogP contribution >= 0.6 is 30.4 Å². The van der Waals surface area contributed by atoms with Crippen molar-refractivity contribution in [2.45, 2.75) is 31.9 Å². The smallest absolute Gasteiger partial charge is 0.305 e. The van der Waals surface area contributed by atoms with E-state index in [1.54, 1.807) is 0 Å². The van der Waals surface area contributed by atoms with Gasteiger partial charge in [0.15, 0.2) is 0 Å². The summed E-state index contributed by atoms with van der Waals surface area (Å²) in [7, 11) is 1.25. The van der Waals surface area contributed by atoms with Gasteiger partial charge in [-0.1, -0.05) is 0 Å². The van der Waals surface area contributed by atoms with Gasteiger partial charge in [-0.25, -0.2) is 0 Å². The lowest BCUT2D eigenvalue weighted by molar-refractivity contribution is -0.184. The molecule has 0 bridgehead atoms. The summed E-state index contributed by atoms with van der Waals surface area (Å²) in [5, 5.41) is 0. The molecule has 1 rings (SSSR count). The Bertz CT molecular complexity index is 168. The van der Waals surface area contributed by atoms with Crippen LogP contribution in [0, 0.1) is 11.8 Å². The summed E-state index contributed by atoms with van der Waals surface area (Å²) in [5.74, 6) is -0.762. The fourth-order valence-corrected chi connectivity index (χ4v) is 2.46. The molecule has 0 N–H and O–H groups in total. The summed E-state index contributed by atoms with van der Waals surface area (Å²) < 4.78 is 42.0. The molecule has 0 radical (unpaired) electrons. The van der Waals surface area contributed by atoms with Crippen LogP contribution in [0.15, 0.2) is 0 Å². The summed E-state index contributed by atoms with van der Waals surface area (Å²) in [6, 6.07) is 0. The Labute approximate surface area is 97.9 Å². The summed E-state index contributed by atoms with van der Waals surface area (Å²) in [6.07, 6.45) is -2.18. The minimum absolute atomic E-state index is 0.267. The lowest BCUT2D eigenvalue weighted by atomic mass is 9.82. The molecule has 84 valence electrons. The molecule has 1 saturated carbocycles. The van der Waals surface area contributed by atoms with Crippen LogP contribution < -0.4 is 0 Å². The molecular formula is C8H12F3IOS. The van der Waals surface area contributed by atoms with Gasteiger partial charge in [-0.2, -0.15) is 13.2 Å². The standard InChI is InChI=1S/C8H12F3IOS/c9-8(10,11)7-3-1-6(2-4-7)5-13-14-12/h6-7H,1-5H2. The van der Waals surface area contributed by atoms with Gasteiger partial charge in [0, 0.05) is 21.2 Å². The van der Waals surface area contributed by atoms with E-state index < -0.39 is 12.1 Å².